The highest BCUT2D eigenvalue weighted by Gasteiger charge is 2.18. The minimum Gasteiger partial charge on any atom is -0.350 e. The van der Waals surface area contributed by atoms with E-state index in [0.29, 0.717) is 35.1 Å². The Morgan fingerprint density at radius 2 is 1.49 bits per heavy atom. The van der Waals surface area contributed by atoms with Crippen LogP contribution in [0, 0.1) is 5.82 Å². The predicted octanol–water partition coefficient (Wildman–Crippen LogP) is 7.08. The van der Waals surface area contributed by atoms with E-state index in [2.05, 4.69) is 44.5 Å². The summed E-state index contributed by atoms with van der Waals surface area (Å²) in [5, 5.41) is 3.24. The quantitative estimate of drug-likeness (QED) is 0.235. The Balaban J connectivity index is 1.38. The van der Waals surface area contributed by atoms with E-state index in [0.717, 1.165) is 16.7 Å². The fourth-order valence-corrected chi connectivity index (χ4v) is 4.08. The lowest BCUT2D eigenvalue weighted by molar-refractivity contribution is 0.131. The number of nitrogens with zero attached hydrogens (tertiary/aromatic N) is 4. The number of imidazole rings is 1. The zero-order chi connectivity index (χ0) is 25.6. The highest BCUT2D eigenvalue weighted by molar-refractivity contribution is 5.77. The molecule has 0 fully saturated rings. The first-order valence-corrected chi connectivity index (χ1v) is 11.9. The maximum absolute atomic E-state index is 13.5. The molecule has 1 N–H and O–H groups in total. The molecule has 0 saturated heterocycles. The summed E-state index contributed by atoms with van der Waals surface area (Å²) in [5.41, 5.74) is 5.65. The van der Waals surface area contributed by atoms with Crippen molar-refractivity contribution >= 4 is 5.95 Å². The van der Waals surface area contributed by atoms with Gasteiger partial charge in [0.1, 0.15) is 5.82 Å². The third kappa shape index (κ3) is 5.86. The van der Waals surface area contributed by atoms with Gasteiger partial charge >= 0.3 is 0 Å². The van der Waals surface area contributed by atoms with Crippen molar-refractivity contribution in [2.75, 3.05) is 5.32 Å². The van der Waals surface area contributed by atoms with Crippen molar-refractivity contribution in [2.45, 2.75) is 25.9 Å². The Morgan fingerprint density at radius 3 is 2.22 bits per heavy atom. The van der Waals surface area contributed by atoms with Gasteiger partial charge in [0.25, 0.3) is 0 Å². The van der Waals surface area contributed by atoms with Crippen LogP contribution in [-0.2, 0) is 13.1 Å². The van der Waals surface area contributed by atoms with E-state index in [-0.39, 0.29) is 18.8 Å². The molecule has 8 heteroatoms. The summed E-state index contributed by atoms with van der Waals surface area (Å²) in [7, 11) is 0. The molecule has 0 atom stereocenters. The number of hydrogen-bond donors (Lipinski definition) is 1. The second-order valence-electron chi connectivity index (χ2n) is 8.50. The van der Waals surface area contributed by atoms with Gasteiger partial charge in [-0.1, -0.05) is 54.6 Å². The van der Waals surface area contributed by atoms with Crippen molar-refractivity contribution < 1.29 is 13.2 Å². The number of anilines is 1. The summed E-state index contributed by atoms with van der Waals surface area (Å²) in [6, 6.07) is 26.0. The number of nitrogens with one attached hydrogen (secondary N) is 1. The molecule has 186 valence electrons. The number of benzene rings is 3. The number of halogens is 3. The zero-order valence-electron chi connectivity index (χ0n) is 19.9. The molecule has 0 aliphatic carbocycles. The lowest BCUT2D eigenvalue weighted by Gasteiger charge is -2.12. The zero-order valence-corrected chi connectivity index (χ0v) is 19.9. The smallest absolute Gasteiger partial charge is 0.240 e. The molecule has 3 aromatic carbocycles. The van der Waals surface area contributed by atoms with E-state index in [1.807, 2.05) is 30.3 Å². The summed E-state index contributed by atoms with van der Waals surface area (Å²) >= 11 is 0. The summed E-state index contributed by atoms with van der Waals surface area (Å²) < 4.78 is 41.1. The minimum atomic E-state index is -2.44. The van der Waals surface area contributed by atoms with Gasteiger partial charge in [-0.15, -0.1) is 0 Å². The van der Waals surface area contributed by atoms with Gasteiger partial charge < -0.3 is 9.88 Å². The van der Waals surface area contributed by atoms with Crippen LogP contribution in [0.1, 0.15) is 12.0 Å². The standard InChI is InChI=1S/C29H24F3N5/c30-24-12-10-23(11-13-24)27-28(37(19-35-27)17-15-26(31)32)25-14-16-33-29(36-25)34-18-20-6-8-22(9-7-20)21-4-2-1-3-5-21/h1-14,16,19,26H,15,17-18H2,(H,33,34,36). The largest absolute Gasteiger partial charge is 0.350 e. The summed E-state index contributed by atoms with van der Waals surface area (Å²) in [6.45, 7) is 0.579. The highest BCUT2D eigenvalue weighted by Crippen LogP contribution is 2.31. The van der Waals surface area contributed by atoms with E-state index in [1.54, 1.807) is 29.0 Å². The molecule has 0 spiro atoms. The number of aryl methyl sites for hydroxylation is 1. The Hall–Kier alpha value is -4.46. The molecule has 5 rings (SSSR count). The third-order valence-corrected chi connectivity index (χ3v) is 5.95. The third-order valence-electron chi connectivity index (χ3n) is 5.95. The van der Waals surface area contributed by atoms with E-state index < -0.39 is 6.43 Å². The summed E-state index contributed by atoms with van der Waals surface area (Å²) in [4.78, 5) is 13.4. The van der Waals surface area contributed by atoms with Gasteiger partial charge in [0.15, 0.2) is 0 Å². The Morgan fingerprint density at radius 1 is 0.784 bits per heavy atom. The molecule has 0 aliphatic heterocycles. The van der Waals surface area contributed by atoms with Crippen LogP contribution in [0.5, 0.6) is 0 Å². The van der Waals surface area contributed by atoms with Crippen molar-refractivity contribution in [1.29, 1.82) is 0 Å². The van der Waals surface area contributed by atoms with Crippen molar-refractivity contribution in [3.63, 3.8) is 0 Å². The average molecular weight is 500 g/mol. The second kappa shape index (κ2) is 11.1. The number of hydrogen-bond acceptors (Lipinski definition) is 4. The van der Waals surface area contributed by atoms with Crippen LogP contribution in [0.25, 0.3) is 33.8 Å². The lowest BCUT2D eigenvalue weighted by Crippen LogP contribution is -2.07. The average Bonchev–Trinajstić information content (AvgIpc) is 3.36. The fraction of sp³-hybridized carbons (Fsp3) is 0.138. The van der Waals surface area contributed by atoms with Gasteiger partial charge in [-0.05, 0) is 47.0 Å². The van der Waals surface area contributed by atoms with Crippen molar-refractivity contribution in [3.8, 4) is 33.8 Å². The van der Waals surface area contributed by atoms with Crippen LogP contribution in [0.15, 0.2) is 97.5 Å². The van der Waals surface area contributed by atoms with E-state index in [9.17, 15) is 13.2 Å². The fourth-order valence-electron chi connectivity index (χ4n) is 4.08. The van der Waals surface area contributed by atoms with E-state index in [4.69, 9.17) is 0 Å². The normalized spacial score (nSPS) is 11.1. The van der Waals surface area contributed by atoms with Gasteiger partial charge in [-0.3, -0.25) is 0 Å². The molecule has 2 heterocycles. The first-order valence-electron chi connectivity index (χ1n) is 11.9. The van der Waals surface area contributed by atoms with Crippen molar-refractivity contribution in [2.24, 2.45) is 0 Å². The van der Waals surface area contributed by atoms with E-state index in [1.165, 1.54) is 18.5 Å². The maximum atomic E-state index is 13.5. The number of rotatable bonds is 9. The predicted molar refractivity (Wildman–Crippen MR) is 138 cm³/mol. The molecule has 5 aromatic rings. The minimum absolute atomic E-state index is 0.0712. The van der Waals surface area contributed by atoms with Gasteiger partial charge in [-0.25, -0.2) is 28.1 Å². The van der Waals surface area contributed by atoms with Gasteiger partial charge in [0, 0.05) is 31.3 Å². The van der Waals surface area contributed by atoms with Crippen LogP contribution in [0.4, 0.5) is 19.1 Å². The Kier molecular flexibility index (Phi) is 7.26. The molecule has 2 aromatic heterocycles. The molecular weight excluding hydrogens is 475 g/mol. The van der Waals surface area contributed by atoms with Gasteiger partial charge in [0.2, 0.25) is 12.4 Å². The van der Waals surface area contributed by atoms with Gasteiger partial charge in [0.05, 0.1) is 23.4 Å². The van der Waals surface area contributed by atoms with Crippen LogP contribution < -0.4 is 5.32 Å². The molecule has 5 nitrogen and oxygen atoms in total. The molecule has 0 saturated carbocycles. The first-order chi connectivity index (χ1) is 18.1. The Bertz CT molecular complexity index is 1450. The van der Waals surface area contributed by atoms with Gasteiger partial charge in [-0.2, -0.15) is 0 Å². The van der Waals surface area contributed by atoms with Crippen molar-refractivity contribution in [3.05, 3.63) is 109 Å². The molecule has 0 unspecified atom stereocenters. The number of aromatic nitrogens is 4. The van der Waals surface area contributed by atoms with Crippen molar-refractivity contribution in [1.82, 2.24) is 19.5 Å². The summed E-state index contributed by atoms with van der Waals surface area (Å²) in [6.07, 6.45) is 0.365. The topological polar surface area (TPSA) is 55.6 Å². The monoisotopic (exact) mass is 499 g/mol. The molecule has 37 heavy (non-hydrogen) atoms. The Labute approximate surface area is 212 Å². The second-order valence-corrected chi connectivity index (χ2v) is 8.50. The molecule has 0 bridgehead atoms. The molecular formula is C29H24F3N5. The number of alkyl halides is 2. The summed E-state index contributed by atoms with van der Waals surface area (Å²) in [5.74, 6) is 0.0315. The maximum Gasteiger partial charge on any atom is 0.240 e. The van der Waals surface area contributed by atoms with Crippen LogP contribution in [0.2, 0.25) is 0 Å². The highest BCUT2D eigenvalue weighted by atomic mass is 19.3. The van der Waals surface area contributed by atoms with Crippen LogP contribution in [-0.4, -0.2) is 25.9 Å². The lowest BCUT2D eigenvalue weighted by atomic mass is 10.0. The molecule has 0 aliphatic rings. The van der Waals surface area contributed by atoms with E-state index >= 15 is 0 Å². The SMILES string of the molecule is Fc1ccc(-c2ncn(CCC(F)F)c2-c2ccnc(NCc3ccc(-c4ccccc4)cc3)n2)cc1. The molecule has 0 radical (unpaired) electrons. The molecule has 0 amide bonds. The van der Waals surface area contributed by atoms with Crippen LogP contribution >= 0.6 is 0 Å². The van der Waals surface area contributed by atoms with Crippen LogP contribution in [0.3, 0.4) is 0 Å². The first kappa shape index (κ1) is 24.2.